The fraction of sp³-hybridized carbons (Fsp3) is 0.250. The molecule has 2 aromatic carbocycles. The lowest BCUT2D eigenvalue weighted by atomic mass is 10.0. The van der Waals surface area contributed by atoms with E-state index < -0.39 is 5.25 Å². The van der Waals surface area contributed by atoms with E-state index in [2.05, 4.69) is 20.9 Å². The molecule has 0 radical (unpaired) electrons. The quantitative estimate of drug-likeness (QED) is 0.640. The van der Waals surface area contributed by atoms with E-state index in [4.69, 9.17) is 16.3 Å². The molecule has 1 aliphatic heterocycles. The predicted molar refractivity (Wildman–Crippen MR) is 114 cm³/mol. The number of para-hydroxylation sites is 1. The number of anilines is 1. The lowest BCUT2D eigenvalue weighted by Crippen LogP contribution is -2.41. The zero-order valence-corrected chi connectivity index (χ0v) is 17.5. The van der Waals surface area contributed by atoms with Crippen LogP contribution in [0.1, 0.15) is 24.4 Å². The van der Waals surface area contributed by atoms with Gasteiger partial charge < -0.3 is 15.5 Å². The molecule has 1 amide bonds. The van der Waals surface area contributed by atoms with Crippen LogP contribution < -0.4 is 15.5 Å². The van der Waals surface area contributed by atoms with Crippen LogP contribution in [0.25, 0.3) is 0 Å². The third-order valence-corrected chi connectivity index (χ3v) is 6.17. The van der Waals surface area contributed by atoms with E-state index in [0.29, 0.717) is 15.9 Å². The number of hydrogen-bond donors (Lipinski definition) is 2. The highest BCUT2D eigenvalue weighted by molar-refractivity contribution is 8.00. The minimum absolute atomic E-state index is 0.127. The van der Waals surface area contributed by atoms with Gasteiger partial charge in [-0.05, 0) is 29.8 Å². The van der Waals surface area contributed by atoms with Crippen LogP contribution >= 0.6 is 23.4 Å². The summed E-state index contributed by atoms with van der Waals surface area (Å²) in [5, 5.41) is 12.1. The number of carbonyl (C=O) groups excluding carboxylic acids is 1. The van der Waals surface area contributed by atoms with E-state index in [1.54, 1.807) is 13.2 Å². The summed E-state index contributed by atoms with van der Waals surface area (Å²) in [5.41, 5.74) is 5.02. The smallest absolute Gasteiger partial charge is 0.240 e. The number of thioether (sulfide) groups is 1. The molecule has 7 nitrogen and oxygen atoms in total. The molecule has 29 heavy (non-hydrogen) atoms. The number of ether oxygens (including phenoxy) is 1. The monoisotopic (exact) mass is 429 g/mol. The highest BCUT2D eigenvalue weighted by atomic mass is 35.5. The molecular formula is C20H20ClN5O2S. The molecule has 2 heterocycles. The summed E-state index contributed by atoms with van der Waals surface area (Å²) in [6.07, 6.45) is 0.720. The van der Waals surface area contributed by atoms with Crippen LogP contribution in [0.15, 0.2) is 53.7 Å². The number of aromatic nitrogens is 3. The number of carbonyl (C=O) groups is 1. The van der Waals surface area contributed by atoms with Crippen LogP contribution in [0, 0.1) is 0 Å². The number of methoxy groups -OCH3 is 1. The Kier molecular flexibility index (Phi) is 5.64. The van der Waals surface area contributed by atoms with Gasteiger partial charge in [0.05, 0.1) is 18.2 Å². The Morgan fingerprint density at radius 3 is 2.76 bits per heavy atom. The Hall–Kier alpha value is -2.71. The second-order valence-electron chi connectivity index (χ2n) is 6.48. The first-order valence-corrected chi connectivity index (χ1v) is 10.4. The number of amides is 1. The Bertz CT molecular complexity index is 1030. The summed E-state index contributed by atoms with van der Waals surface area (Å²) in [6.45, 7) is 2.01. The maximum Gasteiger partial charge on any atom is 0.240 e. The van der Waals surface area contributed by atoms with Crippen molar-refractivity contribution in [3.63, 3.8) is 0 Å². The van der Waals surface area contributed by atoms with Crippen molar-refractivity contribution in [2.75, 3.05) is 17.9 Å². The van der Waals surface area contributed by atoms with Crippen molar-refractivity contribution in [1.29, 1.82) is 0 Å². The second kappa shape index (κ2) is 8.34. The molecular weight excluding hydrogens is 410 g/mol. The third kappa shape index (κ3) is 3.90. The minimum atomic E-state index is -0.471. The topological polar surface area (TPSA) is 81.1 Å². The predicted octanol–water partition coefficient (Wildman–Crippen LogP) is 3.90. The van der Waals surface area contributed by atoms with Gasteiger partial charge in [-0.3, -0.25) is 4.79 Å². The molecule has 2 atom stereocenters. The number of rotatable bonds is 5. The summed E-state index contributed by atoms with van der Waals surface area (Å²) >= 11 is 7.73. The maximum absolute atomic E-state index is 13.2. The van der Waals surface area contributed by atoms with Gasteiger partial charge in [-0.2, -0.15) is 0 Å². The molecule has 0 aliphatic carbocycles. The van der Waals surface area contributed by atoms with E-state index in [-0.39, 0.29) is 11.9 Å². The highest BCUT2D eigenvalue weighted by Gasteiger charge is 2.38. The normalized spacial score (nSPS) is 17.9. The molecule has 0 fully saturated rings. The van der Waals surface area contributed by atoms with E-state index >= 15 is 0 Å². The number of hydrogen-bond acceptors (Lipinski definition) is 6. The SMILES string of the molecule is CCc1nnc2n1N[C@H](c1ccc(OC)c(Cl)c1)[C@H](C(=O)Nc1ccccc1)S2. The van der Waals surface area contributed by atoms with Gasteiger partial charge in [0.25, 0.3) is 0 Å². The summed E-state index contributed by atoms with van der Waals surface area (Å²) in [7, 11) is 1.57. The van der Waals surface area contributed by atoms with Crippen LogP contribution in [0.3, 0.4) is 0 Å². The van der Waals surface area contributed by atoms with Crippen molar-refractivity contribution in [2.24, 2.45) is 0 Å². The lowest BCUT2D eigenvalue weighted by Gasteiger charge is -2.33. The van der Waals surface area contributed by atoms with E-state index in [1.165, 1.54) is 11.8 Å². The van der Waals surface area contributed by atoms with Crippen LogP contribution in [-0.4, -0.2) is 33.1 Å². The number of nitrogens with one attached hydrogen (secondary N) is 2. The fourth-order valence-electron chi connectivity index (χ4n) is 3.19. The van der Waals surface area contributed by atoms with Gasteiger partial charge in [0.1, 0.15) is 11.0 Å². The maximum atomic E-state index is 13.2. The zero-order chi connectivity index (χ0) is 20.4. The van der Waals surface area contributed by atoms with Crippen molar-refractivity contribution in [2.45, 2.75) is 29.8 Å². The first-order chi connectivity index (χ1) is 14.1. The zero-order valence-electron chi connectivity index (χ0n) is 15.9. The second-order valence-corrected chi connectivity index (χ2v) is 8.00. The first-order valence-electron chi connectivity index (χ1n) is 9.17. The highest BCUT2D eigenvalue weighted by Crippen LogP contribution is 2.39. The Morgan fingerprint density at radius 2 is 2.07 bits per heavy atom. The van der Waals surface area contributed by atoms with Crippen molar-refractivity contribution in [1.82, 2.24) is 14.9 Å². The van der Waals surface area contributed by atoms with E-state index in [9.17, 15) is 4.79 Å². The number of nitrogens with zero attached hydrogens (tertiary/aromatic N) is 3. The molecule has 0 unspecified atom stereocenters. The average molecular weight is 430 g/mol. The third-order valence-electron chi connectivity index (χ3n) is 4.65. The van der Waals surface area contributed by atoms with Gasteiger partial charge in [-0.15, -0.1) is 10.2 Å². The Balaban J connectivity index is 1.69. The van der Waals surface area contributed by atoms with Crippen molar-refractivity contribution in [3.8, 4) is 5.75 Å². The summed E-state index contributed by atoms with van der Waals surface area (Å²) in [6, 6.07) is 14.6. The molecule has 150 valence electrons. The van der Waals surface area contributed by atoms with Gasteiger partial charge in [0.2, 0.25) is 11.1 Å². The lowest BCUT2D eigenvalue weighted by molar-refractivity contribution is -0.116. The van der Waals surface area contributed by atoms with E-state index in [1.807, 2.05) is 54.1 Å². The first kappa shape index (κ1) is 19.6. The summed E-state index contributed by atoms with van der Waals surface area (Å²) in [5.74, 6) is 1.26. The van der Waals surface area contributed by atoms with Crippen LogP contribution in [0.4, 0.5) is 5.69 Å². The fourth-order valence-corrected chi connectivity index (χ4v) is 4.55. The molecule has 1 aromatic heterocycles. The Labute approximate surface area is 177 Å². The summed E-state index contributed by atoms with van der Waals surface area (Å²) in [4.78, 5) is 13.2. The molecule has 1 aliphatic rings. The molecule has 9 heteroatoms. The van der Waals surface area contributed by atoms with Crippen molar-refractivity contribution in [3.05, 3.63) is 64.9 Å². The molecule has 0 saturated heterocycles. The van der Waals surface area contributed by atoms with E-state index in [0.717, 1.165) is 23.5 Å². The number of halogens is 1. The Morgan fingerprint density at radius 1 is 1.28 bits per heavy atom. The molecule has 0 saturated carbocycles. The molecule has 2 N–H and O–H groups in total. The summed E-state index contributed by atoms with van der Waals surface area (Å²) < 4.78 is 7.11. The molecule has 0 spiro atoms. The minimum Gasteiger partial charge on any atom is -0.495 e. The number of aryl methyl sites for hydroxylation is 1. The van der Waals surface area contributed by atoms with Gasteiger partial charge in [-0.1, -0.05) is 54.6 Å². The van der Waals surface area contributed by atoms with Crippen LogP contribution in [0.5, 0.6) is 5.75 Å². The van der Waals surface area contributed by atoms with Crippen molar-refractivity contribution >= 4 is 35.0 Å². The van der Waals surface area contributed by atoms with Gasteiger partial charge in [-0.25, -0.2) is 4.68 Å². The van der Waals surface area contributed by atoms with Crippen LogP contribution in [0.2, 0.25) is 5.02 Å². The number of benzene rings is 2. The number of fused-ring (bicyclic) bond motifs is 1. The largest absolute Gasteiger partial charge is 0.495 e. The molecule has 3 aromatic rings. The van der Waals surface area contributed by atoms with Gasteiger partial charge in [0.15, 0.2) is 5.82 Å². The molecule has 0 bridgehead atoms. The molecule has 4 rings (SSSR count). The van der Waals surface area contributed by atoms with Crippen molar-refractivity contribution < 1.29 is 9.53 Å². The van der Waals surface area contributed by atoms with Gasteiger partial charge >= 0.3 is 0 Å². The van der Waals surface area contributed by atoms with Gasteiger partial charge in [0, 0.05) is 12.1 Å². The average Bonchev–Trinajstić information content (AvgIpc) is 3.15. The van der Waals surface area contributed by atoms with Crippen LogP contribution in [-0.2, 0) is 11.2 Å². The standard InChI is InChI=1S/C20H20ClN5O2S/c1-3-16-23-24-20-26(16)25-17(12-9-10-15(28-2)14(21)11-12)18(29-20)19(27)22-13-7-5-4-6-8-13/h4-11,17-18,25H,3H2,1-2H3,(H,22,27)/t17-,18-/m1/s1.